The maximum atomic E-state index is 15.8. The molecule has 0 spiro atoms. The molecule has 0 fully saturated rings. The number of hydrogen-bond acceptors (Lipinski definition) is 1. The SMILES string of the molecule is CCCC[Si](CCCC)(CCCC)c1cccc(-c2cccc(PP(c3ccccc3C(F)(F)F)N(C)c3cccc([Si](CCCC)(CCCC)CCCC)c3)c2C(F)(F)F)c1. The van der Waals surface area contributed by atoms with E-state index in [1.54, 1.807) is 31.3 Å². The highest BCUT2D eigenvalue weighted by molar-refractivity contribution is 8.28. The van der Waals surface area contributed by atoms with Gasteiger partial charge in [-0.3, -0.25) is 0 Å². The minimum atomic E-state index is -4.73. The summed E-state index contributed by atoms with van der Waals surface area (Å²) < 4.78 is 94.1. The molecule has 342 valence electrons. The van der Waals surface area contributed by atoms with Gasteiger partial charge in [0.15, 0.2) is 0 Å². The summed E-state index contributed by atoms with van der Waals surface area (Å²) in [5.41, 5.74) is -0.108. The molecule has 4 rings (SSSR count). The lowest BCUT2D eigenvalue weighted by molar-refractivity contribution is -0.137. The molecule has 0 amide bonds. The highest BCUT2D eigenvalue weighted by Crippen LogP contribution is 2.60. The van der Waals surface area contributed by atoms with E-state index in [2.05, 4.69) is 65.8 Å². The van der Waals surface area contributed by atoms with Crippen LogP contribution in [0.25, 0.3) is 11.1 Å². The molecule has 2 atom stereocenters. The van der Waals surface area contributed by atoms with Gasteiger partial charge in [0.05, 0.1) is 27.3 Å². The highest BCUT2D eigenvalue weighted by Gasteiger charge is 2.41. The number of alkyl halides is 6. The quantitative estimate of drug-likeness (QED) is 0.0345. The molecule has 0 aliphatic heterocycles. The number of unbranched alkanes of at least 4 members (excludes halogenated alkanes) is 6. The highest BCUT2D eigenvalue weighted by atomic mass is 32.1. The minimum absolute atomic E-state index is 0.0479. The Kier molecular flexibility index (Phi) is 20.8. The van der Waals surface area contributed by atoms with Crippen LogP contribution in [0.4, 0.5) is 32.0 Å². The van der Waals surface area contributed by atoms with Crippen LogP contribution in [-0.4, -0.2) is 23.2 Å². The molecular formula is C51H73F6NP2Si2. The first-order chi connectivity index (χ1) is 29.6. The zero-order valence-corrected chi connectivity index (χ0v) is 42.4. The Hall–Kier alpha value is -2.45. The maximum Gasteiger partial charge on any atom is 0.417 e. The van der Waals surface area contributed by atoms with E-state index in [0.29, 0.717) is 5.56 Å². The van der Waals surface area contributed by atoms with Gasteiger partial charge in [0.2, 0.25) is 0 Å². The van der Waals surface area contributed by atoms with Gasteiger partial charge in [-0.15, -0.1) is 0 Å². The zero-order chi connectivity index (χ0) is 45.4. The van der Waals surface area contributed by atoms with Crippen LogP contribution < -0.4 is 25.7 Å². The molecule has 0 aliphatic carbocycles. The summed E-state index contributed by atoms with van der Waals surface area (Å²) in [6.07, 6.45) is 3.81. The Labute approximate surface area is 375 Å². The number of anilines is 1. The second kappa shape index (κ2) is 24.7. The van der Waals surface area contributed by atoms with Crippen molar-refractivity contribution in [2.45, 2.75) is 167 Å². The van der Waals surface area contributed by atoms with Crippen molar-refractivity contribution in [3.63, 3.8) is 0 Å². The molecule has 0 radical (unpaired) electrons. The summed E-state index contributed by atoms with van der Waals surface area (Å²) in [7, 11) is -4.79. The van der Waals surface area contributed by atoms with Crippen molar-refractivity contribution in [1.29, 1.82) is 0 Å². The maximum absolute atomic E-state index is 15.8. The Balaban J connectivity index is 1.95. The van der Waals surface area contributed by atoms with Gasteiger partial charge in [-0.1, -0.05) is 238 Å². The minimum Gasteiger partial charge on any atom is -0.346 e. The Morgan fingerprint density at radius 2 is 0.968 bits per heavy atom. The molecule has 0 bridgehead atoms. The fourth-order valence-corrected chi connectivity index (χ4v) is 26.0. The number of benzene rings is 4. The molecule has 0 N–H and O–H groups in total. The molecule has 1 nitrogen and oxygen atoms in total. The lowest BCUT2D eigenvalue weighted by atomic mass is 9.99. The Morgan fingerprint density at radius 1 is 0.516 bits per heavy atom. The normalized spacial score (nSPS) is 13.3. The standard InChI is InChI=1S/C51H73F6NP2Si2/c1-8-14-33-61(34-15-9-2,35-16-10-3)43-27-22-25-41(39-43)45-29-24-31-47(49(45)51(55,56)57)59-60(48-32-21-20-30-46(48)50(52,53)54)58(7)42-26-23-28-44(40-42)62(36-17-11-4,37-18-12-5)38-19-13-6/h20-32,39-40,59H,8-19,33-38H2,1-7H3. The number of hydrogen-bond donors (Lipinski definition) is 0. The molecule has 11 heteroatoms. The lowest BCUT2D eigenvalue weighted by Gasteiger charge is -2.36. The van der Waals surface area contributed by atoms with E-state index in [9.17, 15) is 13.2 Å². The Morgan fingerprint density at radius 3 is 1.44 bits per heavy atom. The molecule has 0 aliphatic rings. The van der Waals surface area contributed by atoms with Crippen molar-refractivity contribution in [3.05, 3.63) is 102 Å². The summed E-state index contributed by atoms with van der Waals surface area (Å²) in [5, 5.41) is 2.64. The first-order valence-electron chi connectivity index (χ1n) is 23.5. The van der Waals surface area contributed by atoms with Gasteiger partial charge in [-0.05, 0) is 42.9 Å². The second-order valence-electron chi connectivity index (χ2n) is 17.5. The summed E-state index contributed by atoms with van der Waals surface area (Å²) >= 11 is 0. The van der Waals surface area contributed by atoms with Crippen molar-refractivity contribution in [3.8, 4) is 11.1 Å². The van der Waals surface area contributed by atoms with Gasteiger partial charge in [0.25, 0.3) is 0 Å². The van der Waals surface area contributed by atoms with Gasteiger partial charge in [-0.25, -0.2) is 0 Å². The largest absolute Gasteiger partial charge is 0.417 e. The van der Waals surface area contributed by atoms with Crippen molar-refractivity contribution in [1.82, 2.24) is 0 Å². The summed E-state index contributed by atoms with van der Waals surface area (Å²) in [5.74, 6) is 0. The van der Waals surface area contributed by atoms with E-state index in [-0.39, 0.29) is 16.2 Å². The van der Waals surface area contributed by atoms with Crippen LogP contribution in [0.1, 0.15) is 130 Å². The number of halogens is 6. The Bertz CT molecular complexity index is 1910. The fourth-order valence-electron chi connectivity index (χ4n) is 9.38. The summed E-state index contributed by atoms with van der Waals surface area (Å²) in [6.45, 7) is 13.3. The van der Waals surface area contributed by atoms with Crippen molar-refractivity contribution >= 4 is 58.8 Å². The number of rotatable bonds is 26. The van der Waals surface area contributed by atoms with E-state index in [4.69, 9.17) is 0 Å². The molecule has 0 saturated heterocycles. The van der Waals surface area contributed by atoms with E-state index >= 15 is 13.2 Å². The average Bonchev–Trinajstić information content (AvgIpc) is 3.27. The van der Waals surface area contributed by atoms with Gasteiger partial charge in [-0.2, -0.15) is 26.3 Å². The van der Waals surface area contributed by atoms with Crippen LogP contribution in [0.2, 0.25) is 36.3 Å². The first kappa shape index (κ1) is 52.2. The molecule has 0 saturated carbocycles. The predicted molar refractivity (Wildman–Crippen MR) is 267 cm³/mol. The van der Waals surface area contributed by atoms with Crippen LogP contribution >= 0.6 is 16.0 Å². The van der Waals surface area contributed by atoms with Crippen LogP contribution in [0, 0.1) is 0 Å². The first-order valence-corrected chi connectivity index (χ1v) is 31.9. The van der Waals surface area contributed by atoms with Gasteiger partial charge in [0.1, 0.15) is 0 Å². The molecular weight excluding hydrogens is 859 g/mol. The van der Waals surface area contributed by atoms with E-state index in [1.807, 2.05) is 22.9 Å². The predicted octanol–water partition coefficient (Wildman–Crippen LogP) is 16.6. The van der Waals surface area contributed by atoms with E-state index in [1.165, 1.54) is 28.6 Å². The van der Waals surface area contributed by atoms with Crippen molar-refractivity contribution < 1.29 is 26.3 Å². The van der Waals surface area contributed by atoms with Gasteiger partial charge < -0.3 is 4.67 Å². The lowest BCUT2D eigenvalue weighted by Crippen LogP contribution is -2.47. The fraction of sp³-hybridized carbons (Fsp3) is 0.529. The molecule has 0 heterocycles. The van der Waals surface area contributed by atoms with Crippen LogP contribution in [0.3, 0.4) is 0 Å². The zero-order valence-electron chi connectivity index (χ0n) is 38.6. The molecule has 2 unspecified atom stereocenters. The van der Waals surface area contributed by atoms with E-state index < -0.39 is 55.7 Å². The van der Waals surface area contributed by atoms with Crippen LogP contribution in [0.15, 0.2) is 91.0 Å². The number of nitrogens with zero attached hydrogens (tertiary/aromatic N) is 1. The third kappa shape index (κ3) is 13.6. The topological polar surface area (TPSA) is 3.24 Å². The van der Waals surface area contributed by atoms with Crippen molar-refractivity contribution in [2.24, 2.45) is 0 Å². The van der Waals surface area contributed by atoms with Crippen LogP contribution in [0.5, 0.6) is 0 Å². The average molecular weight is 932 g/mol. The summed E-state index contributed by atoms with van der Waals surface area (Å²) in [4.78, 5) is 0. The second-order valence-corrected chi connectivity index (χ2v) is 31.2. The third-order valence-corrected chi connectivity index (χ3v) is 29.4. The molecule has 4 aromatic carbocycles. The van der Waals surface area contributed by atoms with Crippen molar-refractivity contribution in [2.75, 3.05) is 11.7 Å². The van der Waals surface area contributed by atoms with Gasteiger partial charge in [0, 0.05) is 25.8 Å². The van der Waals surface area contributed by atoms with E-state index in [0.717, 1.165) is 125 Å². The van der Waals surface area contributed by atoms with Crippen LogP contribution in [-0.2, 0) is 12.4 Å². The smallest absolute Gasteiger partial charge is 0.346 e. The van der Waals surface area contributed by atoms with Gasteiger partial charge >= 0.3 is 12.4 Å². The summed E-state index contributed by atoms with van der Waals surface area (Å²) in [6, 6.07) is 33.4. The monoisotopic (exact) mass is 931 g/mol. The third-order valence-electron chi connectivity index (χ3n) is 13.0. The molecule has 62 heavy (non-hydrogen) atoms. The molecule has 4 aromatic rings. The molecule has 0 aromatic heterocycles.